The lowest BCUT2D eigenvalue weighted by Crippen LogP contribution is -2.49. The summed E-state index contributed by atoms with van der Waals surface area (Å²) in [4.78, 5) is 44.5. The van der Waals surface area contributed by atoms with Crippen molar-refractivity contribution >= 4 is 35.0 Å². The largest absolute Gasteiger partial charge is 0.347 e. The van der Waals surface area contributed by atoms with Crippen LogP contribution in [0.15, 0.2) is 29.2 Å². The van der Waals surface area contributed by atoms with Crippen molar-refractivity contribution in [2.24, 2.45) is 0 Å². The second-order valence-corrected chi connectivity index (χ2v) is 7.25. The van der Waals surface area contributed by atoms with Crippen LogP contribution in [0.2, 0.25) is 10.0 Å². The number of benzene rings is 1. The molecule has 0 spiro atoms. The lowest BCUT2D eigenvalue weighted by molar-refractivity contribution is -0.132. The fourth-order valence-corrected chi connectivity index (χ4v) is 3.48. The molecule has 7 nitrogen and oxygen atoms in total. The Morgan fingerprint density at radius 2 is 2.04 bits per heavy atom. The normalized spacial score (nSPS) is 17.1. The first kappa shape index (κ1) is 19.4. The third kappa shape index (κ3) is 4.48. The number of aromatic amines is 1. The van der Waals surface area contributed by atoms with E-state index in [0.717, 1.165) is 0 Å². The molecule has 0 aliphatic carbocycles. The number of amides is 2. The molecule has 1 aliphatic rings. The molecule has 0 unspecified atom stereocenters. The average Bonchev–Trinajstić information content (AvgIpc) is 2.61. The number of piperidine rings is 1. The minimum atomic E-state index is -0.541. The number of halogens is 2. The Morgan fingerprint density at radius 3 is 2.67 bits per heavy atom. The van der Waals surface area contributed by atoms with Gasteiger partial charge in [-0.15, -0.1) is 0 Å². The molecule has 2 amide bonds. The van der Waals surface area contributed by atoms with Gasteiger partial charge in [-0.2, -0.15) is 0 Å². The van der Waals surface area contributed by atoms with E-state index in [2.05, 4.69) is 15.3 Å². The molecule has 2 aromatic rings. The van der Waals surface area contributed by atoms with E-state index in [0.29, 0.717) is 40.8 Å². The smallest absolute Gasteiger partial charge is 0.263 e. The van der Waals surface area contributed by atoms with Crippen molar-refractivity contribution in [1.82, 2.24) is 20.2 Å². The Kier molecular flexibility index (Phi) is 5.82. The molecule has 1 aromatic heterocycles. The summed E-state index contributed by atoms with van der Waals surface area (Å²) in [5.74, 6) is -0.115. The molecule has 2 heterocycles. The summed E-state index contributed by atoms with van der Waals surface area (Å²) in [6.07, 6.45) is 2.40. The number of H-pyrrole nitrogens is 1. The second-order valence-electron chi connectivity index (χ2n) is 6.43. The van der Waals surface area contributed by atoms with Gasteiger partial charge in [-0.05, 0) is 24.1 Å². The van der Waals surface area contributed by atoms with Gasteiger partial charge in [0, 0.05) is 48.7 Å². The van der Waals surface area contributed by atoms with Crippen LogP contribution in [-0.4, -0.2) is 46.3 Å². The molecule has 0 radical (unpaired) electrons. The third-order valence-electron chi connectivity index (χ3n) is 4.46. The van der Waals surface area contributed by atoms with Crippen LogP contribution in [0.5, 0.6) is 0 Å². The number of nitrogens with one attached hydrogen (secondary N) is 2. The van der Waals surface area contributed by atoms with E-state index in [4.69, 9.17) is 23.2 Å². The quantitative estimate of drug-likeness (QED) is 0.808. The van der Waals surface area contributed by atoms with Gasteiger partial charge in [-0.25, -0.2) is 4.98 Å². The summed E-state index contributed by atoms with van der Waals surface area (Å²) < 4.78 is 0. The highest BCUT2D eigenvalue weighted by Crippen LogP contribution is 2.25. The third-order valence-corrected chi connectivity index (χ3v) is 5.17. The number of hydrogen-bond donors (Lipinski definition) is 2. The van der Waals surface area contributed by atoms with E-state index in [1.165, 1.54) is 6.20 Å². The lowest BCUT2D eigenvalue weighted by atomic mass is 10.1. The zero-order valence-electron chi connectivity index (χ0n) is 14.6. The van der Waals surface area contributed by atoms with Crippen LogP contribution in [0.25, 0.3) is 0 Å². The number of rotatable bonds is 4. The Labute approximate surface area is 165 Å². The van der Waals surface area contributed by atoms with Crippen LogP contribution < -0.4 is 10.9 Å². The molecule has 2 N–H and O–H groups in total. The minimum Gasteiger partial charge on any atom is -0.347 e. The van der Waals surface area contributed by atoms with Crippen molar-refractivity contribution in [3.8, 4) is 0 Å². The Bertz CT molecular complexity index is 924. The van der Waals surface area contributed by atoms with E-state index in [1.807, 2.05) is 0 Å². The van der Waals surface area contributed by atoms with Crippen molar-refractivity contribution in [2.75, 3.05) is 13.6 Å². The molecule has 1 fully saturated rings. The van der Waals surface area contributed by atoms with Gasteiger partial charge in [0.05, 0.1) is 0 Å². The number of nitrogens with zero attached hydrogens (tertiary/aromatic N) is 2. The van der Waals surface area contributed by atoms with Crippen molar-refractivity contribution in [3.63, 3.8) is 0 Å². The van der Waals surface area contributed by atoms with Crippen LogP contribution in [0, 0.1) is 0 Å². The average molecular weight is 409 g/mol. The van der Waals surface area contributed by atoms with E-state index >= 15 is 0 Å². The Morgan fingerprint density at radius 1 is 1.33 bits per heavy atom. The number of carbonyl (C=O) groups is 2. The first-order valence-corrected chi connectivity index (χ1v) is 9.16. The number of carbonyl (C=O) groups excluding carboxylic acids is 2. The molecule has 1 saturated heterocycles. The number of likely N-dealkylation sites (N-methyl/N-ethyl adjacent to an activating group) is 1. The zero-order valence-corrected chi connectivity index (χ0v) is 16.1. The topological polar surface area (TPSA) is 95.2 Å². The van der Waals surface area contributed by atoms with Crippen LogP contribution in [0.3, 0.4) is 0 Å². The van der Waals surface area contributed by atoms with Crippen LogP contribution >= 0.6 is 23.2 Å². The number of likely N-dealkylation sites (tertiary alicyclic amines) is 1. The van der Waals surface area contributed by atoms with Gasteiger partial charge in [-0.3, -0.25) is 14.4 Å². The molecule has 1 aliphatic heterocycles. The molecule has 1 atom stereocenters. The van der Waals surface area contributed by atoms with Crippen LogP contribution in [0.1, 0.15) is 34.6 Å². The summed E-state index contributed by atoms with van der Waals surface area (Å²) in [5, 5.41) is 3.73. The van der Waals surface area contributed by atoms with Gasteiger partial charge < -0.3 is 15.2 Å². The molecular weight excluding hydrogens is 391 g/mol. The Hall–Kier alpha value is -2.38. The van der Waals surface area contributed by atoms with Gasteiger partial charge in [0.1, 0.15) is 11.4 Å². The number of aromatic nitrogens is 2. The fraction of sp³-hybridized carbons (Fsp3) is 0.333. The van der Waals surface area contributed by atoms with Crippen LogP contribution in [0.4, 0.5) is 0 Å². The summed E-state index contributed by atoms with van der Waals surface area (Å²) in [7, 11) is 1.68. The van der Waals surface area contributed by atoms with E-state index in [-0.39, 0.29) is 23.9 Å². The Balaban J connectivity index is 1.72. The first-order valence-electron chi connectivity index (χ1n) is 8.41. The van der Waals surface area contributed by atoms with Crippen molar-refractivity contribution < 1.29 is 9.59 Å². The number of hydrogen-bond acceptors (Lipinski definition) is 4. The van der Waals surface area contributed by atoms with Gasteiger partial charge in [0.15, 0.2) is 0 Å². The summed E-state index contributed by atoms with van der Waals surface area (Å²) in [6, 6.07) is 4.94. The summed E-state index contributed by atoms with van der Waals surface area (Å²) in [5.41, 5.74) is 0.0283. The first-order chi connectivity index (χ1) is 12.8. The molecule has 27 heavy (non-hydrogen) atoms. The monoisotopic (exact) mass is 408 g/mol. The van der Waals surface area contributed by atoms with Gasteiger partial charge in [0.2, 0.25) is 5.91 Å². The minimum absolute atomic E-state index is 0.0441. The highest BCUT2D eigenvalue weighted by atomic mass is 35.5. The SMILES string of the molecule is CN1C[C@@H](NC(=O)c2cnc(Cc3c(Cl)cccc3Cl)[nH]c2=O)CCC1=O. The van der Waals surface area contributed by atoms with Gasteiger partial charge in [0.25, 0.3) is 11.5 Å². The molecule has 1 aromatic carbocycles. The standard InChI is InChI=1S/C18H18Cl2N4O3/c1-24-9-10(5-6-16(24)25)22-17(26)12-8-21-15(23-18(12)27)7-11-13(19)3-2-4-14(11)20/h2-4,8,10H,5-7,9H2,1H3,(H,22,26)(H,21,23,27)/t10-/m0/s1. The molecule has 142 valence electrons. The fourth-order valence-electron chi connectivity index (χ4n) is 2.95. The molecule has 0 bridgehead atoms. The molecule has 9 heteroatoms. The summed E-state index contributed by atoms with van der Waals surface area (Å²) in [6.45, 7) is 0.416. The predicted octanol–water partition coefficient (Wildman–Crippen LogP) is 2.02. The maximum absolute atomic E-state index is 12.4. The highest BCUT2D eigenvalue weighted by molar-refractivity contribution is 6.36. The second kappa shape index (κ2) is 8.10. The van der Waals surface area contributed by atoms with E-state index < -0.39 is 11.5 Å². The maximum Gasteiger partial charge on any atom is 0.263 e. The van der Waals surface area contributed by atoms with Crippen molar-refractivity contribution in [2.45, 2.75) is 25.3 Å². The van der Waals surface area contributed by atoms with Crippen molar-refractivity contribution in [1.29, 1.82) is 0 Å². The van der Waals surface area contributed by atoms with Gasteiger partial charge in [-0.1, -0.05) is 29.3 Å². The molecule has 3 rings (SSSR count). The molecular formula is C18H18Cl2N4O3. The van der Waals surface area contributed by atoms with Gasteiger partial charge >= 0.3 is 0 Å². The summed E-state index contributed by atoms with van der Waals surface area (Å²) >= 11 is 12.3. The van der Waals surface area contributed by atoms with E-state index in [1.54, 1.807) is 30.1 Å². The van der Waals surface area contributed by atoms with E-state index in [9.17, 15) is 14.4 Å². The maximum atomic E-state index is 12.4. The highest BCUT2D eigenvalue weighted by Gasteiger charge is 2.25. The van der Waals surface area contributed by atoms with Crippen molar-refractivity contribution in [3.05, 3.63) is 61.7 Å². The lowest BCUT2D eigenvalue weighted by Gasteiger charge is -2.30. The van der Waals surface area contributed by atoms with Crippen LogP contribution in [-0.2, 0) is 11.2 Å². The predicted molar refractivity (Wildman–Crippen MR) is 102 cm³/mol. The molecule has 0 saturated carbocycles. The zero-order chi connectivity index (χ0) is 19.6.